The molecule has 1 amide bonds. The molecular formula is C43H81BrN4O8. The number of esters is 2. The van der Waals surface area contributed by atoms with Crippen LogP contribution in [0.2, 0.25) is 0 Å². The summed E-state index contributed by atoms with van der Waals surface area (Å²) in [6.07, 6.45) is 20.0. The molecule has 0 unspecified atom stereocenters. The zero-order chi connectivity index (χ0) is 42.1. The van der Waals surface area contributed by atoms with Gasteiger partial charge in [-0.05, 0) is 123 Å². The average molecular weight is 862 g/mol. The van der Waals surface area contributed by atoms with E-state index >= 15 is 0 Å². The highest BCUT2D eigenvalue weighted by Gasteiger charge is 2.37. The first-order valence-electron chi connectivity index (χ1n) is 21.5. The highest BCUT2D eigenvalue weighted by Crippen LogP contribution is 2.40. The largest absolute Gasteiger partial charge is 0.481 e. The second kappa shape index (κ2) is 27.1. The highest BCUT2D eigenvalue weighted by molar-refractivity contribution is 9.09. The molecule has 13 heteroatoms. The lowest BCUT2D eigenvalue weighted by Crippen LogP contribution is -2.40. The summed E-state index contributed by atoms with van der Waals surface area (Å²) in [5, 5.41) is 19.1. The van der Waals surface area contributed by atoms with Crippen LogP contribution in [-0.2, 0) is 33.4 Å². The molecule has 3 aliphatic carbocycles. The Morgan fingerprint density at radius 1 is 0.643 bits per heavy atom. The number of rotatable bonds is 19. The van der Waals surface area contributed by atoms with Crippen LogP contribution in [0.15, 0.2) is 0 Å². The van der Waals surface area contributed by atoms with E-state index in [4.69, 9.17) is 25.1 Å². The predicted octanol–water partition coefficient (Wildman–Crippen LogP) is 7.58. The van der Waals surface area contributed by atoms with E-state index in [0.29, 0.717) is 31.3 Å². The number of halogens is 1. The Morgan fingerprint density at radius 2 is 1.07 bits per heavy atom. The average Bonchev–Trinajstić information content (AvgIpc) is 3.11. The summed E-state index contributed by atoms with van der Waals surface area (Å²) in [7, 11) is 1.70. The number of aliphatic carboxylic acids is 1. The molecule has 12 nitrogen and oxygen atoms in total. The van der Waals surface area contributed by atoms with E-state index < -0.39 is 11.6 Å². The molecular weight excluding hydrogens is 780 g/mol. The maximum atomic E-state index is 12.2. The second-order valence-corrected chi connectivity index (χ2v) is 19.1. The Labute approximate surface area is 348 Å². The minimum absolute atomic E-state index is 0.000344. The lowest BCUT2D eigenvalue weighted by atomic mass is 9.71. The van der Waals surface area contributed by atoms with Gasteiger partial charge in [0.15, 0.2) is 0 Å². The molecule has 0 atom stereocenters. The third kappa shape index (κ3) is 24.2. The van der Waals surface area contributed by atoms with Crippen molar-refractivity contribution in [3.8, 4) is 0 Å². The standard InChI is InChI=1S/C16H32N2O2.C14H25BrN2O3.C13H24O3/c1-15(2,3)20-14(19)12-16(8-5-4-6-9-16)13-18-11-7-10-17;15-10-12(18)17-8-4-7-16-11-14(9-13(19)20)5-2-1-3-6-14;1-12(2,3)16-11(14)10-13(15-4)8-6-5-7-9-13/h18H,4-13,17H2,1-3H3;16H,1-11H2,(H,17,18)(H,19,20);5-10H2,1-4H3. The van der Waals surface area contributed by atoms with E-state index in [2.05, 4.69) is 31.9 Å². The molecule has 0 radical (unpaired) electrons. The fraction of sp³-hybridized carbons (Fsp3) is 0.907. The maximum absolute atomic E-state index is 12.2. The van der Waals surface area contributed by atoms with Gasteiger partial charge in [-0.2, -0.15) is 0 Å². The maximum Gasteiger partial charge on any atom is 0.309 e. The zero-order valence-electron chi connectivity index (χ0n) is 36.4. The van der Waals surface area contributed by atoms with Crippen molar-refractivity contribution in [3.05, 3.63) is 0 Å². The van der Waals surface area contributed by atoms with Gasteiger partial charge in [0.05, 0.1) is 30.2 Å². The first-order chi connectivity index (χ1) is 26.3. The summed E-state index contributed by atoms with van der Waals surface area (Å²) in [5.74, 6) is -0.894. The van der Waals surface area contributed by atoms with Crippen LogP contribution < -0.4 is 21.7 Å². The number of ether oxygens (including phenoxy) is 3. The topological polar surface area (TPSA) is 178 Å². The van der Waals surface area contributed by atoms with E-state index in [0.717, 1.165) is 103 Å². The molecule has 0 aromatic carbocycles. The molecule has 3 saturated carbocycles. The van der Waals surface area contributed by atoms with Crippen LogP contribution in [0.25, 0.3) is 0 Å². The molecule has 3 aliphatic rings. The Hall–Kier alpha value is -1.80. The number of carbonyl (C=O) groups is 4. The molecule has 56 heavy (non-hydrogen) atoms. The van der Waals surface area contributed by atoms with Crippen LogP contribution in [0.1, 0.15) is 170 Å². The number of hydrogen-bond acceptors (Lipinski definition) is 10. The van der Waals surface area contributed by atoms with Crippen molar-refractivity contribution in [2.24, 2.45) is 16.6 Å². The Balaban J connectivity index is 0.000000423. The minimum Gasteiger partial charge on any atom is -0.481 e. The van der Waals surface area contributed by atoms with Crippen molar-refractivity contribution in [1.29, 1.82) is 0 Å². The second-order valence-electron chi connectivity index (χ2n) is 18.5. The number of amides is 1. The molecule has 3 fully saturated rings. The van der Waals surface area contributed by atoms with Crippen LogP contribution in [0.5, 0.6) is 0 Å². The number of nitrogens with two attached hydrogens (primary N) is 1. The van der Waals surface area contributed by atoms with E-state index in [1.54, 1.807) is 7.11 Å². The van der Waals surface area contributed by atoms with Gasteiger partial charge in [-0.25, -0.2) is 0 Å². The van der Waals surface area contributed by atoms with Gasteiger partial charge in [-0.15, -0.1) is 0 Å². The fourth-order valence-corrected chi connectivity index (χ4v) is 8.35. The summed E-state index contributed by atoms with van der Waals surface area (Å²) in [5.41, 5.74) is 4.49. The molecule has 0 aromatic heterocycles. The van der Waals surface area contributed by atoms with E-state index in [-0.39, 0.29) is 46.3 Å². The minimum atomic E-state index is -0.696. The van der Waals surface area contributed by atoms with Gasteiger partial charge in [-0.3, -0.25) is 19.2 Å². The van der Waals surface area contributed by atoms with Crippen molar-refractivity contribution in [2.75, 3.05) is 51.7 Å². The summed E-state index contributed by atoms with van der Waals surface area (Å²) in [6, 6.07) is 0. The predicted molar refractivity (Wildman–Crippen MR) is 228 cm³/mol. The Bertz CT molecular complexity index is 1120. The summed E-state index contributed by atoms with van der Waals surface area (Å²) >= 11 is 3.10. The number of carboxylic acid groups (broad SMARTS) is 1. The molecule has 0 saturated heterocycles. The molecule has 0 spiro atoms. The number of carboxylic acids is 1. The van der Waals surface area contributed by atoms with Crippen molar-refractivity contribution < 1.29 is 38.5 Å². The molecule has 3 rings (SSSR count). The number of carbonyl (C=O) groups excluding carboxylic acids is 3. The van der Waals surface area contributed by atoms with Crippen LogP contribution in [0.4, 0.5) is 0 Å². The van der Waals surface area contributed by atoms with Crippen molar-refractivity contribution in [2.45, 2.75) is 187 Å². The van der Waals surface area contributed by atoms with E-state index in [9.17, 15) is 19.2 Å². The quantitative estimate of drug-likeness (QED) is 0.0492. The van der Waals surface area contributed by atoms with Gasteiger partial charge < -0.3 is 41.0 Å². The summed E-state index contributed by atoms with van der Waals surface area (Å²) < 4.78 is 16.4. The van der Waals surface area contributed by atoms with Gasteiger partial charge in [0, 0.05) is 26.7 Å². The fourth-order valence-electron chi connectivity index (χ4n) is 8.15. The zero-order valence-corrected chi connectivity index (χ0v) is 37.9. The summed E-state index contributed by atoms with van der Waals surface area (Å²) in [6.45, 7) is 16.3. The lowest BCUT2D eigenvalue weighted by molar-refractivity contribution is -0.163. The van der Waals surface area contributed by atoms with Crippen molar-refractivity contribution in [3.63, 3.8) is 0 Å². The van der Waals surface area contributed by atoms with Gasteiger partial charge in [-0.1, -0.05) is 73.7 Å². The van der Waals surface area contributed by atoms with E-state index in [1.165, 1.54) is 32.1 Å². The molecule has 0 aliphatic heterocycles. The lowest BCUT2D eigenvalue weighted by Gasteiger charge is -2.37. The number of nitrogens with one attached hydrogen (secondary N) is 3. The highest BCUT2D eigenvalue weighted by atomic mass is 79.9. The molecule has 0 bridgehead atoms. The number of methoxy groups -OCH3 is 1. The monoisotopic (exact) mass is 861 g/mol. The first-order valence-corrected chi connectivity index (χ1v) is 22.6. The molecule has 0 heterocycles. The van der Waals surface area contributed by atoms with Crippen molar-refractivity contribution >= 4 is 39.7 Å². The smallest absolute Gasteiger partial charge is 0.309 e. The molecule has 6 N–H and O–H groups in total. The van der Waals surface area contributed by atoms with Gasteiger partial charge in [0.25, 0.3) is 0 Å². The Morgan fingerprint density at radius 3 is 1.48 bits per heavy atom. The number of alkyl halides is 1. The van der Waals surface area contributed by atoms with Gasteiger partial charge >= 0.3 is 17.9 Å². The SMILES string of the molecule is CC(C)(C)OC(=O)CC1(CNCCCN)CCCCC1.COC1(CC(=O)OC(C)(C)C)CCCCC1.O=C(O)CC1(CNCCCNC(=O)CBr)CCCCC1. The third-order valence-electron chi connectivity index (χ3n) is 10.9. The van der Waals surface area contributed by atoms with Crippen molar-refractivity contribution in [1.82, 2.24) is 16.0 Å². The third-order valence-corrected chi connectivity index (χ3v) is 11.4. The number of hydrogen-bond donors (Lipinski definition) is 5. The Kier molecular flexibility index (Phi) is 25.2. The van der Waals surface area contributed by atoms with Crippen LogP contribution in [0.3, 0.4) is 0 Å². The molecule has 0 aromatic rings. The first kappa shape index (κ1) is 52.2. The molecule has 328 valence electrons. The van der Waals surface area contributed by atoms with Gasteiger partial charge in [0.2, 0.25) is 5.91 Å². The normalized spacial score (nSPS) is 18.9. The summed E-state index contributed by atoms with van der Waals surface area (Å²) in [4.78, 5) is 46.0. The van der Waals surface area contributed by atoms with Gasteiger partial charge in [0.1, 0.15) is 11.2 Å². The van der Waals surface area contributed by atoms with E-state index in [1.807, 2.05) is 41.5 Å². The van der Waals surface area contributed by atoms with Crippen LogP contribution in [-0.4, -0.2) is 97.4 Å². The van der Waals surface area contributed by atoms with Crippen LogP contribution in [0, 0.1) is 10.8 Å². The van der Waals surface area contributed by atoms with Crippen LogP contribution >= 0.6 is 15.9 Å².